The third-order valence-electron chi connectivity index (χ3n) is 3.04. The third kappa shape index (κ3) is 4.04. The molecule has 0 bridgehead atoms. The Morgan fingerprint density at radius 3 is 2.28 bits per heavy atom. The summed E-state index contributed by atoms with van der Waals surface area (Å²) in [6.07, 6.45) is 2.02. The Morgan fingerprint density at radius 2 is 1.83 bits per heavy atom. The van der Waals surface area contributed by atoms with Crippen LogP contribution in [-0.2, 0) is 18.6 Å². The summed E-state index contributed by atoms with van der Waals surface area (Å²) in [5.74, 6) is 0. The molecule has 104 valence electrons. The number of hydrogen-bond acceptors (Lipinski definition) is 4. The number of aromatic nitrogens is 1. The molecule has 0 spiro atoms. The Bertz CT molecular complexity index is 364. The number of aryl methyl sites for hydroxylation is 1. The molecule has 0 aliphatic heterocycles. The summed E-state index contributed by atoms with van der Waals surface area (Å²) in [6, 6.07) is 0. The second-order valence-corrected chi connectivity index (χ2v) is 6.24. The molecule has 1 N–H and O–H groups in total. The molecule has 0 aliphatic carbocycles. The molecule has 0 atom stereocenters. The Hall–Kier alpha value is -0.450. The molecule has 0 fully saturated rings. The molecule has 18 heavy (non-hydrogen) atoms. The van der Waals surface area contributed by atoms with E-state index >= 15 is 0 Å². The second kappa shape index (κ2) is 6.64. The van der Waals surface area contributed by atoms with E-state index in [4.69, 9.17) is 4.98 Å². The Morgan fingerprint density at radius 1 is 1.22 bits per heavy atom. The molecule has 0 saturated carbocycles. The van der Waals surface area contributed by atoms with Crippen LogP contribution in [0.5, 0.6) is 0 Å². The van der Waals surface area contributed by atoms with Crippen molar-refractivity contribution in [2.45, 2.75) is 59.6 Å². The van der Waals surface area contributed by atoms with Crippen molar-refractivity contribution in [3.05, 3.63) is 15.6 Å². The molecule has 1 rings (SSSR count). The van der Waals surface area contributed by atoms with E-state index in [9.17, 15) is 5.11 Å². The first-order valence-corrected chi connectivity index (χ1v) is 7.67. The lowest BCUT2D eigenvalue weighted by molar-refractivity contribution is 0.0813. The van der Waals surface area contributed by atoms with Crippen LogP contribution in [0.4, 0.5) is 0 Å². The molecule has 3 nitrogen and oxygen atoms in total. The average molecular weight is 270 g/mol. The van der Waals surface area contributed by atoms with Crippen LogP contribution in [0.2, 0.25) is 0 Å². The third-order valence-corrected chi connectivity index (χ3v) is 4.43. The van der Waals surface area contributed by atoms with Gasteiger partial charge in [-0.05, 0) is 33.4 Å². The zero-order chi connectivity index (χ0) is 13.8. The van der Waals surface area contributed by atoms with Gasteiger partial charge in [-0.3, -0.25) is 4.90 Å². The van der Waals surface area contributed by atoms with Gasteiger partial charge in [-0.25, -0.2) is 4.98 Å². The first kappa shape index (κ1) is 15.6. The van der Waals surface area contributed by atoms with Crippen LogP contribution in [0, 0.1) is 0 Å². The monoisotopic (exact) mass is 270 g/mol. The summed E-state index contributed by atoms with van der Waals surface area (Å²) < 4.78 is 0. The topological polar surface area (TPSA) is 36.4 Å². The van der Waals surface area contributed by atoms with Crippen molar-refractivity contribution in [3.8, 4) is 0 Å². The molecular weight excluding hydrogens is 244 g/mol. The number of thiazole rings is 1. The largest absolute Gasteiger partial charge is 0.385 e. The normalized spacial score (nSPS) is 12.4. The fourth-order valence-corrected chi connectivity index (χ4v) is 3.15. The lowest BCUT2D eigenvalue weighted by Crippen LogP contribution is -2.21. The van der Waals surface area contributed by atoms with Crippen LogP contribution >= 0.6 is 11.3 Å². The van der Waals surface area contributed by atoms with Crippen LogP contribution < -0.4 is 0 Å². The van der Waals surface area contributed by atoms with Crippen molar-refractivity contribution in [2.24, 2.45) is 0 Å². The molecule has 0 aromatic carbocycles. The van der Waals surface area contributed by atoms with Crippen molar-refractivity contribution >= 4 is 11.3 Å². The summed E-state index contributed by atoms with van der Waals surface area (Å²) in [5.41, 5.74) is 0.307. The molecule has 0 saturated heterocycles. The van der Waals surface area contributed by atoms with Crippen LogP contribution in [0.1, 0.15) is 56.6 Å². The van der Waals surface area contributed by atoms with E-state index in [1.54, 1.807) is 11.3 Å². The van der Waals surface area contributed by atoms with Gasteiger partial charge in [0.15, 0.2) is 0 Å². The van der Waals surface area contributed by atoms with Crippen LogP contribution in [0.25, 0.3) is 0 Å². The van der Waals surface area contributed by atoms with E-state index in [1.807, 2.05) is 13.8 Å². The van der Waals surface area contributed by atoms with Gasteiger partial charge in [0.1, 0.15) is 5.01 Å². The van der Waals surface area contributed by atoms with Crippen LogP contribution in [0.3, 0.4) is 0 Å². The van der Waals surface area contributed by atoms with E-state index in [1.165, 1.54) is 0 Å². The quantitative estimate of drug-likeness (QED) is 0.827. The van der Waals surface area contributed by atoms with E-state index < -0.39 is 5.60 Å². The maximum atomic E-state index is 10.2. The van der Waals surface area contributed by atoms with Gasteiger partial charge in [0.05, 0.1) is 22.7 Å². The lowest BCUT2D eigenvalue weighted by Gasteiger charge is -2.17. The molecule has 0 radical (unpaired) electrons. The average Bonchev–Trinajstić information content (AvgIpc) is 2.69. The van der Waals surface area contributed by atoms with Crippen molar-refractivity contribution in [3.63, 3.8) is 0 Å². The Labute approximate surface area is 115 Å². The predicted octanol–water partition coefficient (Wildman–Crippen LogP) is 3.16. The molecule has 0 amide bonds. The van der Waals surface area contributed by atoms with Crippen LogP contribution in [0.15, 0.2) is 0 Å². The minimum Gasteiger partial charge on any atom is -0.385 e. The van der Waals surface area contributed by atoms with Crippen molar-refractivity contribution in [1.82, 2.24) is 9.88 Å². The summed E-state index contributed by atoms with van der Waals surface area (Å²) in [5, 5.41) is 11.3. The maximum Gasteiger partial charge on any atom is 0.107 e. The van der Waals surface area contributed by atoms with E-state index in [0.29, 0.717) is 0 Å². The smallest absolute Gasteiger partial charge is 0.107 e. The molecule has 1 aromatic rings. The second-order valence-electron chi connectivity index (χ2n) is 5.15. The molecular formula is C14H26N2OS. The highest BCUT2D eigenvalue weighted by Crippen LogP contribution is 2.31. The highest BCUT2D eigenvalue weighted by Gasteiger charge is 2.24. The highest BCUT2D eigenvalue weighted by atomic mass is 32.1. The molecule has 4 heteroatoms. The van der Waals surface area contributed by atoms with Gasteiger partial charge in [-0.1, -0.05) is 27.2 Å². The zero-order valence-corrected chi connectivity index (χ0v) is 13.1. The lowest BCUT2D eigenvalue weighted by atomic mass is 10.0. The van der Waals surface area contributed by atoms with Crippen molar-refractivity contribution in [1.29, 1.82) is 0 Å². The van der Waals surface area contributed by atoms with Crippen LogP contribution in [-0.4, -0.2) is 28.1 Å². The first-order valence-electron chi connectivity index (χ1n) is 6.86. The molecule has 0 aliphatic rings. The fourth-order valence-electron chi connectivity index (χ4n) is 1.99. The molecule has 0 unspecified atom stereocenters. The number of hydrogen-bond donors (Lipinski definition) is 1. The van der Waals surface area contributed by atoms with Crippen molar-refractivity contribution in [2.75, 3.05) is 13.1 Å². The number of aliphatic hydroxyl groups is 1. The minimum atomic E-state index is -0.774. The minimum absolute atomic E-state index is 0.774. The van der Waals surface area contributed by atoms with Gasteiger partial charge in [0, 0.05) is 0 Å². The molecule has 1 aromatic heterocycles. The van der Waals surface area contributed by atoms with E-state index in [-0.39, 0.29) is 0 Å². The van der Waals surface area contributed by atoms with Gasteiger partial charge in [0.2, 0.25) is 0 Å². The summed E-state index contributed by atoms with van der Waals surface area (Å²) in [6.45, 7) is 13.2. The van der Waals surface area contributed by atoms with Gasteiger partial charge in [0.25, 0.3) is 0 Å². The van der Waals surface area contributed by atoms with Gasteiger partial charge >= 0.3 is 0 Å². The van der Waals surface area contributed by atoms with Crippen molar-refractivity contribution < 1.29 is 5.11 Å². The molecule has 1 heterocycles. The maximum absolute atomic E-state index is 10.2. The zero-order valence-electron chi connectivity index (χ0n) is 12.3. The summed E-state index contributed by atoms with van der Waals surface area (Å²) >= 11 is 1.66. The van der Waals surface area contributed by atoms with Gasteiger partial charge in [-0.2, -0.15) is 0 Å². The number of nitrogens with zero attached hydrogens (tertiary/aromatic N) is 2. The first-order chi connectivity index (χ1) is 8.42. The summed E-state index contributed by atoms with van der Waals surface area (Å²) in [4.78, 5) is 8.10. The highest BCUT2D eigenvalue weighted by molar-refractivity contribution is 7.11. The van der Waals surface area contributed by atoms with E-state index in [2.05, 4.69) is 25.7 Å². The van der Waals surface area contributed by atoms with Gasteiger partial charge < -0.3 is 5.11 Å². The standard InChI is InChI=1S/C14H26N2OS/c1-6-9-11-13(14(4,5)17)18-12(15-11)10-16(7-2)8-3/h17H,6-10H2,1-5H3. The summed E-state index contributed by atoms with van der Waals surface area (Å²) in [7, 11) is 0. The fraction of sp³-hybridized carbons (Fsp3) is 0.786. The Kier molecular flexibility index (Phi) is 5.76. The predicted molar refractivity (Wildman–Crippen MR) is 78.0 cm³/mol. The van der Waals surface area contributed by atoms with Gasteiger partial charge in [-0.15, -0.1) is 11.3 Å². The van der Waals surface area contributed by atoms with E-state index in [0.717, 1.165) is 48.1 Å². The number of rotatable bonds is 7. The SMILES string of the molecule is CCCc1nc(CN(CC)CC)sc1C(C)(C)O. The Balaban J connectivity index is 2.95.